The van der Waals surface area contributed by atoms with E-state index >= 15 is 0 Å². The van der Waals surface area contributed by atoms with Gasteiger partial charge in [-0.15, -0.1) is 0 Å². The van der Waals surface area contributed by atoms with Gasteiger partial charge in [0.25, 0.3) is 0 Å². The molecule has 2 aromatic rings. The smallest absolute Gasteiger partial charge is 0.0702 e. The number of nitrogens with zero attached hydrogens (tertiary/aromatic N) is 1. The standard InChI is InChI=1S/C13H16N2/c1-10(9-14)7-11-4-5-13-12(8-11)3-2-6-15-13/h2-6,8,10H,7,9,14H2,1H3. The second-order valence-electron chi connectivity index (χ2n) is 4.08. The molecule has 1 atom stereocenters. The Morgan fingerprint density at radius 3 is 3.00 bits per heavy atom. The molecule has 78 valence electrons. The molecular formula is C13H16N2. The van der Waals surface area contributed by atoms with E-state index in [-0.39, 0.29) is 0 Å². The molecule has 2 heteroatoms. The summed E-state index contributed by atoms with van der Waals surface area (Å²) >= 11 is 0. The van der Waals surface area contributed by atoms with Crippen molar-refractivity contribution in [3.63, 3.8) is 0 Å². The van der Waals surface area contributed by atoms with Crippen LogP contribution >= 0.6 is 0 Å². The molecule has 2 nitrogen and oxygen atoms in total. The molecule has 0 amide bonds. The summed E-state index contributed by atoms with van der Waals surface area (Å²) in [5.74, 6) is 0.541. The van der Waals surface area contributed by atoms with Crippen LogP contribution in [0.25, 0.3) is 10.9 Å². The first kappa shape index (κ1) is 10.1. The van der Waals surface area contributed by atoms with Gasteiger partial charge in [0.05, 0.1) is 5.52 Å². The van der Waals surface area contributed by atoms with E-state index < -0.39 is 0 Å². The van der Waals surface area contributed by atoms with Gasteiger partial charge in [-0.25, -0.2) is 0 Å². The van der Waals surface area contributed by atoms with E-state index in [1.54, 1.807) is 0 Å². The molecule has 0 saturated heterocycles. The molecule has 15 heavy (non-hydrogen) atoms. The van der Waals surface area contributed by atoms with Gasteiger partial charge in [-0.1, -0.05) is 19.1 Å². The lowest BCUT2D eigenvalue weighted by Gasteiger charge is -2.08. The molecule has 2 rings (SSSR count). The Kier molecular flexibility index (Phi) is 2.97. The molecule has 0 aliphatic rings. The van der Waals surface area contributed by atoms with Crippen LogP contribution < -0.4 is 5.73 Å². The second-order valence-corrected chi connectivity index (χ2v) is 4.08. The number of nitrogens with two attached hydrogens (primary N) is 1. The van der Waals surface area contributed by atoms with Crippen LogP contribution in [-0.2, 0) is 6.42 Å². The number of aromatic nitrogens is 1. The van der Waals surface area contributed by atoms with Crippen LogP contribution in [0.2, 0.25) is 0 Å². The molecule has 0 radical (unpaired) electrons. The molecule has 2 N–H and O–H groups in total. The van der Waals surface area contributed by atoms with E-state index in [0.717, 1.165) is 18.5 Å². The average Bonchev–Trinajstić information content (AvgIpc) is 2.29. The lowest BCUT2D eigenvalue weighted by molar-refractivity contribution is 0.593. The van der Waals surface area contributed by atoms with E-state index in [1.807, 2.05) is 12.3 Å². The van der Waals surface area contributed by atoms with Crippen molar-refractivity contribution in [1.82, 2.24) is 4.98 Å². The van der Waals surface area contributed by atoms with Gasteiger partial charge in [0, 0.05) is 11.6 Å². The summed E-state index contributed by atoms with van der Waals surface area (Å²) in [5, 5.41) is 1.21. The maximum atomic E-state index is 5.62. The maximum absolute atomic E-state index is 5.62. The van der Waals surface area contributed by atoms with Crippen molar-refractivity contribution in [2.24, 2.45) is 11.7 Å². The van der Waals surface area contributed by atoms with Crippen molar-refractivity contribution in [3.05, 3.63) is 42.1 Å². The lowest BCUT2D eigenvalue weighted by atomic mass is 10.00. The minimum Gasteiger partial charge on any atom is -0.330 e. The molecule has 0 spiro atoms. The zero-order valence-corrected chi connectivity index (χ0v) is 8.98. The quantitative estimate of drug-likeness (QED) is 0.826. The highest BCUT2D eigenvalue weighted by molar-refractivity contribution is 5.78. The highest BCUT2D eigenvalue weighted by Crippen LogP contribution is 2.15. The Hall–Kier alpha value is -1.41. The van der Waals surface area contributed by atoms with Crippen LogP contribution in [0.5, 0.6) is 0 Å². The summed E-state index contributed by atoms with van der Waals surface area (Å²) in [7, 11) is 0. The summed E-state index contributed by atoms with van der Waals surface area (Å²) in [6.45, 7) is 2.92. The molecule has 0 bridgehead atoms. The highest BCUT2D eigenvalue weighted by atomic mass is 14.6. The van der Waals surface area contributed by atoms with Crippen LogP contribution in [0.15, 0.2) is 36.5 Å². The third kappa shape index (κ3) is 2.34. The Labute approximate surface area is 90.1 Å². The highest BCUT2D eigenvalue weighted by Gasteiger charge is 2.02. The van der Waals surface area contributed by atoms with Gasteiger partial charge in [0.1, 0.15) is 0 Å². The predicted octanol–water partition coefficient (Wildman–Crippen LogP) is 2.37. The zero-order chi connectivity index (χ0) is 10.7. The summed E-state index contributed by atoms with van der Waals surface area (Å²) in [6, 6.07) is 10.5. The van der Waals surface area contributed by atoms with E-state index in [4.69, 9.17) is 5.73 Å². The summed E-state index contributed by atoms with van der Waals surface area (Å²) in [6.07, 6.45) is 2.87. The third-order valence-corrected chi connectivity index (χ3v) is 2.65. The SMILES string of the molecule is CC(CN)Cc1ccc2ncccc2c1. The third-order valence-electron chi connectivity index (χ3n) is 2.65. The van der Waals surface area contributed by atoms with E-state index in [1.165, 1.54) is 10.9 Å². The van der Waals surface area contributed by atoms with Gasteiger partial charge in [0.15, 0.2) is 0 Å². The van der Waals surface area contributed by atoms with Gasteiger partial charge >= 0.3 is 0 Å². The van der Waals surface area contributed by atoms with Gasteiger partial charge in [-0.05, 0) is 42.6 Å². The normalized spacial score (nSPS) is 12.9. The molecule has 1 aromatic heterocycles. The van der Waals surface area contributed by atoms with Crippen LogP contribution in [0.3, 0.4) is 0 Å². The molecule has 1 aromatic carbocycles. The first-order valence-electron chi connectivity index (χ1n) is 5.33. The molecule has 0 aliphatic heterocycles. The van der Waals surface area contributed by atoms with Gasteiger partial charge in [-0.3, -0.25) is 4.98 Å². The number of rotatable bonds is 3. The number of pyridine rings is 1. The van der Waals surface area contributed by atoms with Gasteiger partial charge in [-0.2, -0.15) is 0 Å². The van der Waals surface area contributed by atoms with Crippen molar-refractivity contribution < 1.29 is 0 Å². The fourth-order valence-corrected chi connectivity index (χ4v) is 1.74. The summed E-state index contributed by atoms with van der Waals surface area (Å²) in [5.41, 5.74) is 8.02. The summed E-state index contributed by atoms with van der Waals surface area (Å²) in [4.78, 5) is 4.30. The monoisotopic (exact) mass is 200 g/mol. The largest absolute Gasteiger partial charge is 0.330 e. The topological polar surface area (TPSA) is 38.9 Å². The molecule has 1 heterocycles. The maximum Gasteiger partial charge on any atom is 0.0702 e. The van der Waals surface area contributed by atoms with Gasteiger partial charge < -0.3 is 5.73 Å². The van der Waals surface area contributed by atoms with Crippen LogP contribution in [0, 0.1) is 5.92 Å². The van der Waals surface area contributed by atoms with Crippen molar-refractivity contribution >= 4 is 10.9 Å². The van der Waals surface area contributed by atoms with Crippen molar-refractivity contribution in [2.75, 3.05) is 6.54 Å². The van der Waals surface area contributed by atoms with Crippen molar-refractivity contribution in [2.45, 2.75) is 13.3 Å². The predicted molar refractivity (Wildman–Crippen MR) is 63.7 cm³/mol. The Morgan fingerprint density at radius 2 is 2.20 bits per heavy atom. The van der Waals surface area contributed by atoms with Gasteiger partial charge in [0.2, 0.25) is 0 Å². The average molecular weight is 200 g/mol. The minimum atomic E-state index is 0.541. The van der Waals surface area contributed by atoms with E-state index in [9.17, 15) is 0 Å². The first-order chi connectivity index (χ1) is 7.29. The fourth-order valence-electron chi connectivity index (χ4n) is 1.74. The molecule has 0 saturated carbocycles. The van der Waals surface area contributed by atoms with Crippen LogP contribution in [-0.4, -0.2) is 11.5 Å². The molecular weight excluding hydrogens is 184 g/mol. The lowest BCUT2D eigenvalue weighted by Crippen LogP contribution is -2.12. The first-order valence-corrected chi connectivity index (χ1v) is 5.33. The summed E-state index contributed by atoms with van der Waals surface area (Å²) < 4.78 is 0. The Balaban J connectivity index is 2.30. The number of benzene rings is 1. The van der Waals surface area contributed by atoms with Crippen molar-refractivity contribution in [3.8, 4) is 0 Å². The zero-order valence-electron chi connectivity index (χ0n) is 8.98. The Bertz CT molecular complexity index is 451. The minimum absolute atomic E-state index is 0.541. The second kappa shape index (κ2) is 4.41. The van der Waals surface area contributed by atoms with Crippen LogP contribution in [0.1, 0.15) is 12.5 Å². The molecule has 0 aliphatic carbocycles. The number of hydrogen-bond donors (Lipinski definition) is 1. The van der Waals surface area contributed by atoms with E-state index in [2.05, 4.69) is 36.2 Å². The fraction of sp³-hybridized carbons (Fsp3) is 0.308. The Morgan fingerprint density at radius 1 is 1.33 bits per heavy atom. The number of hydrogen-bond acceptors (Lipinski definition) is 2. The van der Waals surface area contributed by atoms with E-state index in [0.29, 0.717) is 5.92 Å². The molecule has 1 unspecified atom stereocenters. The number of fused-ring (bicyclic) bond motifs is 1. The molecule has 0 fully saturated rings. The van der Waals surface area contributed by atoms with Crippen LogP contribution in [0.4, 0.5) is 0 Å². The van der Waals surface area contributed by atoms with Crippen molar-refractivity contribution in [1.29, 1.82) is 0 Å².